The Morgan fingerprint density at radius 1 is 1.13 bits per heavy atom. The number of para-hydroxylation sites is 1. The first-order valence-corrected chi connectivity index (χ1v) is 8.14. The average Bonchev–Trinajstić information content (AvgIpc) is 3.33. The number of hydrogen-bond donors (Lipinski definition) is 3. The molecular formula is C18H22N2O3. The molecule has 2 aliphatic rings. The van der Waals surface area contributed by atoms with Crippen LogP contribution in [0, 0.1) is 11.3 Å². The fourth-order valence-corrected chi connectivity index (χ4v) is 3.36. The number of rotatable bonds is 4. The minimum atomic E-state index is -0.604. The van der Waals surface area contributed by atoms with Crippen molar-refractivity contribution in [2.45, 2.75) is 38.5 Å². The Bertz CT molecular complexity index is 625. The minimum Gasteiger partial charge on any atom is -0.325 e. The lowest BCUT2D eigenvalue weighted by Gasteiger charge is -2.27. The summed E-state index contributed by atoms with van der Waals surface area (Å²) in [6, 6.07) is 7.32. The van der Waals surface area contributed by atoms with E-state index in [1.165, 1.54) is 31.8 Å². The van der Waals surface area contributed by atoms with Gasteiger partial charge in [0.25, 0.3) is 5.91 Å². The van der Waals surface area contributed by atoms with Gasteiger partial charge in [-0.05, 0) is 61.6 Å². The molecule has 0 bridgehead atoms. The summed E-state index contributed by atoms with van der Waals surface area (Å²) >= 11 is 0. The third-order valence-corrected chi connectivity index (χ3v) is 5.12. The molecule has 0 aromatic heterocycles. The largest absolute Gasteiger partial charge is 0.325 e. The van der Waals surface area contributed by atoms with Gasteiger partial charge in [0, 0.05) is 17.7 Å². The molecule has 1 aromatic rings. The average molecular weight is 314 g/mol. The van der Waals surface area contributed by atoms with Crippen LogP contribution in [0.25, 0.3) is 6.08 Å². The van der Waals surface area contributed by atoms with E-state index < -0.39 is 5.91 Å². The van der Waals surface area contributed by atoms with Gasteiger partial charge in [0.2, 0.25) is 5.91 Å². The monoisotopic (exact) mass is 314 g/mol. The predicted molar refractivity (Wildman–Crippen MR) is 87.7 cm³/mol. The molecule has 2 aliphatic carbocycles. The first-order valence-electron chi connectivity index (χ1n) is 8.14. The molecule has 2 fully saturated rings. The Balaban J connectivity index is 1.64. The molecule has 2 amide bonds. The third kappa shape index (κ3) is 3.79. The highest BCUT2D eigenvalue weighted by molar-refractivity contribution is 5.96. The van der Waals surface area contributed by atoms with Crippen LogP contribution in [0.5, 0.6) is 0 Å². The molecule has 3 N–H and O–H groups in total. The molecule has 122 valence electrons. The van der Waals surface area contributed by atoms with Gasteiger partial charge in [-0.1, -0.05) is 18.2 Å². The van der Waals surface area contributed by atoms with Gasteiger partial charge < -0.3 is 5.32 Å². The lowest BCUT2D eigenvalue weighted by molar-refractivity contribution is -0.124. The molecule has 0 saturated heterocycles. The summed E-state index contributed by atoms with van der Waals surface area (Å²) in [5.41, 5.74) is 3.55. The number of hydrogen-bond acceptors (Lipinski definition) is 3. The molecule has 0 atom stereocenters. The summed E-state index contributed by atoms with van der Waals surface area (Å²) in [5, 5.41) is 11.5. The standard InChI is InChI=1S/C18H22N2O3/c21-16(20-23)6-5-13-3-1-2-4-15(13)19-17(22)14-7-9-18(10-8-14)11-12-18/h1-6,14,23H,7-12H2,(H,19,22)(H,20,21)/b6-5+. The quantitative estimate of drug-likeness (QED) is 0.454. The molecule has 0 unspecified atom stereocenters. The summed E-state index contributed by atoms with van der Waals surface area (Å²) in [4.78, 5) is 23.6. The van der Waals surface area contributed by atoms with Crippen molar-refractivity contribution < 1.29 is 14.8 Å². The second-order valence-corrected chi connectivity index (χ2v) is 6.66. The van der Waals surface area contributed by atoms with Crippen LogP contribution >= 0.6 is 0 Å². The molecule has 0 radical (unpaired) electrons. The summed E-state index contributed by atoms with van der Waals surface area (Å²) in [5.74, 6) is -0.458. The van der Waals surface area contributed by atoms with Gasteiger partial charge in [0.1, 0.15) is 0 Å². The zero-order valence-corrected chi connectivity index (χ0v) is 13.0. The highest BCUT2D eigenvalue weighted by Crippen LogP contribution is 2.57. The van der Waals surface area contributed by atoms with Crippen LogP contribution in [0.4, 0.5) is 5.69 Å². The van der Waals surface area contributed by atoms with Crippen molar-refractivity contribution in [3.05, 3.63) is 35.9 Å². The predicted octanol–water partition coefficient (Wildman–Crippen LogP) is 3.11. The normalized spacial score (nSPS) is 19.7. The zero-order valence-electron chi connectivity index (χ0n) is 13.0. The van der Waals surface area contributed by atoms with Gasteiger partial charge in [-0.25, -0.2) is 5.48 Å². The van der Waals surface area contributed by atoms with Gasteiger partial charge in [0.15, 0.2) is 0 Å². The maximum Gasteiger partial charge on any atom is 0.267 e. The Hall–Kier alpha value is -2.14. The van der Waals surface area contributed by atoms with E-state index in [9.17, 15) is 9.59 Å². The van der Waals surface area contributed by atoms with Gasteiger partial charge >= 0.3 is 0 Å². The van der Waals surface area contributed by atoms with Crippen molar-refractivity contribution >= 4 is 23.6 Å². The molecule has 1 aromatic carbocycles. The van der Waals surface area contributed by atoms with Crippen molar-refractivity contribution in [2.75, 3.05) is 5.32 Å². The van der Waals surface area contributed by atoms with E-state index in [4.69, 9.17) is 5.21 Å². The first-order chi connectivity index (χ1) is 11.1. The van der Waals surface area contributed by atoms with Crippen molar-refractivity contribution in [3.8, 4) is 0 Å². The summed E-state index contributed by atoms with van der Waals surface area (Å²) in [6.45, 7) is 0. The topological polar surface area (TPSA) is 78.4 Å². The van der Waals surface area contributed by atoms with Crippen molar-refractivity contribution in [1.29, 1.82) is 0 Å². The van der Waals surface area contributed by atoms with E-state index >= 15 is 0 Å². The molecule has 3 rings (SSSR count). The highest BCUT2D eigenvalue weighted by atomic mass is 16.5. The van der Waals surface area contributed by atoms with E-state index in [-0.39, 0.29) is 11.8 Å². The Morgan fingerprint density at radius 3 is 2.48 bits per heavy atom. The number of anilines is 1. The van der Waals surface area contributed by atoms with Gasteiger partial charge in [-0.2, -0.15) is 0 Å². The van der Waals surface area contributed by atoms with Crippen LogP contribution in [-0.4, -0.2) is 17.0 Å². The molecule has 2 saturated carbocycles. The number of carbonyl (C=O) groups excluding carboxylic acids is 2. The van der Waals surface area contributed by atoms with E-state index in [1.54, 1.807) is 11.6 Å². The van der Waals surface area contributed by atoms with E-state index in [1.807, 2.05) is 24.3 Å². The third-order valence-electron chi connectivity index (χ3n) is 5.12. The van der Waals surface area contributed by atoms with Crippen LogP contribution in [-0.2, 0) is 9.59 Å². The van der Waals surface area contributed by atoms with Crippen LogP contribution in [0.2, 0.25) is 0 Å². The van der Waals surface area contributed by atoms with E-state index in [0.717, 1.165) is 18.4 Å². The highest BCUT2D eigenvalue weighted by Gasteiger charge is 2.45. The van der Waals surface area contributed by atoms with Crippen molar-refractivity contribution in [3.63, 3.8) is 0 Å². The Morgan fingerprint density at radius 2 is 1.83 bits per heavy atom. The SMILES string of the molecule is O=C(/C=C/c1ccccc1NC(=O)C1CCC2(CC1)CC2)NO. The molecule has 5 nitrogen and oxygen atoms in total. The molecule has 0 aliphatic heterocycles. The van der Waals surface area contributed by atoms with Gasteiger partial charge in [-0.15, -0.1) is 0 Å². The van der Waals surface area contributed by atoms with Gasteiger partial charge in [-0.3, -0.25) is 14.8 Å². The second kappa shape index (κ2) is 6.54. The zero-order chi connectivity index (χ0) is 16.3. The Kier molecular flexibility index (Phi) is 4.48. The molecular weight excluding hydrogens is 292 g/mol. The number of nitrogens with one attached hydrogen (secondary N) is 2. The summed E-state index contributed by atoms with van der Waals surface area (Å²) in [7, 11) is 0. The minimum absolute atomic E-state index is 0.0629. The van der Waals surface area contributed by atoms with Crippen molar-refractivity contribution in [1.82, 2.24) is 5.48 Å². The second-order valence-electron chi connectivity index (χ2n) is 6.66. The Labute approximate surface area is 135 Å². The molecule has 0 heterocycles. The van der Waals surface area contributed by atoms with Crippen LogP contribution in [0.15, 0.2) is 30.3 Å². The lowest BCUT2D eigenvalue weighted by Crippen LogP contribution is -2.27. The van der Waals surface area contributed by atoms with Crippen LogP contribution < -0.4 is 10.8 Å². The number of hydroxylamine groups is 1. The number of benzene rings is 1. The van der Waals surface area contributed by atoms with Crippen molar-refractivity contribution in [2.24, 2.45) is 11.3 Å². The van der Waals surface area contributed by atoms with E-state index in [2.05, 4.69) is 5.32 Å². The molecule has 23 heavy (non-hydrogen) atoms. The number of amides is 2. The number of carbonyl (C=O) groups is 2. The van der Waals surface area contributed by atoms with Gasteiger partial charge in [0.05, 0.1) is 0 Å². The summed E-state index contributed by atoms with van der Waals surface area (Å²) in [6.07, 6.45) is 9.74. The lowest BCUT2D eigenvalue weighted by atomic mass is 9.79. The fraction of sp³-hybridized carbons (Fsp3) is 0.444. The maximum atomic E-state index is 12.5. The van der Waals surface area contributed by atoms with Crippen LogP contribution in [0.1, 0.15) is 44.1 Å². The molecule has 5 heteroatoms. The summed E-state index contributed by atoms with van der Waals surface area (Å²) < 4.78 is 0. The van der Waals surface area contributed by atoms with E-state index in [0.29, 0.717) is 11.1 Å². The smallest absolute Gasteiger partial charge is 0.267 e. The fourth-order valence-electron chi connectivity index (χ4n) is 3.36. The molecule has 1 spiro atoms. The van der Waals surface area contributed by atoms with Crippen LogP contribution in [0.3, 0.4) is 0 Å². The first kappa shape index (κ1) is 15.7. The maximum absolute atomic E-state index is 12.5.